The number of thiazole rings is 3. The van der Waals surface area contributed by atoms with Gasteiger partial charge in [-0.2, -0.15) is 0 Å². The fourth-order valence-corrected chi connectivity index (χ4v) is 29.8. The van der Waals surface area contributed by atoms with E-state index in [0.29, 0.717) is 133 Å². The number of fused-ring (bicyclic) bond motifs is 9. The molecule has 6 aliphatic heterocycles. The Labute approximate surface area is 880 Å². The maximum absolute atomic E-state index is 14.6. The topological polar surface area (TPSA) is 377 Å². The first-order chi connectivity index (χ1) is 71.0. The van der Waals surface area contributed by atoms with Crippen molar-refractivity contribution in [3.8, 4) is 21.3 Å². The molecule has 6 amide bonds. The Bertz CT molecular complexity index is 6770. The molecule has 6 aliphatic carbocycles. The average molecular weight is 2150 g/mol. The van der Waals surface area contributed by atoms with E-state index in [4.69, 9.17) is 30.5 Å². The van der Waals surface area contributed by atoms with Crippen molar-refractivity contribution in [3.05, 3.63) is 208 Å². The lowest BCUT2D eigenvalue weighted by atomic mass is 9.89. The molecule has 6 saturated carbocycles. The molecule has 0 spiro atoms. The summed E-state index contributed by atoms with van der Waals surface area (Å²) >= 11 is 10.2. The number of aryl methyl sites for hydroxylation is 3. The first-order valence-electron chi connectivity index (χ1n) is 52.5. The minimum atomic E-state index is -3.80. The third-order valence-corrected chi connectivity index (χ3v) is 40.2. The fraction of sp³-hybridized carbons (Fsp3) is 0.518. The van der Waals surface area contributed by atoms with Gasteiger partial charge in [0.25, 0.3) is 15.6 Å². The van der Waals surface area contributed by atoms with Gasteiger partial charge in [-0.3, -0.25) is 57.3 Å². The molecule has 0 radical (unpaired) electrons. The van der Waals surface area contributed by atoms with Crippen LogP contribution >= 0.6 is 45.6 Å². The normalized spacial score (nSPS) is 28.5. The number of hydrogen-bond donors (Lipinski definition) is 3. The third kappa shape index (κ3) is 25.0. The van der Waals surface area contributed by atoms with E-state index in [-0.39, 0.29) is 135 Å². The van der Waals surface area contributed by atoms with Crippen molar-refractivity contribution in [1.29, 1.82) is 0 Å². The molecule has 786 valence electrons. The van der Waals surface area contributed by atoms with Crippen LogP contribution in [-0.4, -0.2) is 187 Å². The molecule has 6 aromatic carbocycles. The van der Waals surface area contributed by atoms with E-state index < -0.39 is 116 Å². The SMILES string of the molecule is COc1ccc2nc(O[C@@H]3C[C@H]4C(=O)C[C@]5(C(=O)NS(=O)(=O)C6CC6)C[C@H]5/C=C\CCCCC[C@H](Cc5cccc(C)c5)C(=O)N4C3)sc2c1.Cc1cccc(C[C@H]2CCCCC/C=C\[C@@H]3C[C@@]3(C(=O)NS(=O)(=O)C3CC3)CC(=O)[C@@H]3C[C@@H](Oc4nc5ccc(Cl)cc5s4)CN3C2=O)c1.Cc1cccc(C[C@H]2CCCCC/C=C\[C@@H]3C[C@@]3(C(=O)NS(=O)(=O)C3CC3)CC(=O)[C@@H]3C[C@@H](Oc4nc5ccc(F)cc5s4)CN3C2=O)c1. The van der Waals surface area contributed by atoms with Gasteiger partial charge in [-0.05, 0) is 245 Å². The van der Waals surface area contributed by atoms with E-state index in [1.165, 1.54) is 46.1 Å². The number of rotatable bonds is 22. The fourth-order valence-electron chi connectivity index (χ4n) is 22.7. The zero-order chi connectivity index (χ0) is 104. The summed E-state index contributed by atoms with van der Waals surface area (Å²) in [5, 5.41) is 0.148. The summed E-state index contributed by atoms with van der Waals surface area (Å²) in [5.74, 6) is -4.28. The van der Waals surface area contributed by atoms with Gasteiger partial charge in [0.2, 0.25) is 65.5 Å². The largest absolute Gasteiger partial charge is 0.497 e. The Balaban J connectivity index is 0.000000140. The first-order valence-corrected chi connectivity index (χ1v) is 59.9. The second-order valence-corrected chi connectivity index (χ2v) is 52.5. The van der Waals surface area contributed by atoms with Crippen molar-refractivity contribution in [2.24, 2.45) is 51.8 Å². The van der Waals surface area contributed by atoms with Crippen molar-refractivity contribution >= 4 is 159 Å². The van der Waals surface area contributed by atoms with Gasteiger partial charge in [-0.15, -0.1) is 0 Å². The van der Waals surface area contributed by atoms with Crippen molar-refractivity contribution in [2.45, 2.75) is 285 Å². The first kappa shape index (κ1) is 106. The van der Waals surface area contributed by atoms with Crippen LogP contribution in [0.5, 0.6) is 21.3 Å². The van der Waals surface area contributed by atoms with Crippen LogP contribution in [0, 0.1) is 78.3 Å². The smallest absolute Gasteiger partial charge is 0.274 e. The molecule has 9 fully saturated rings. The molecule has 3 saturated heterocycles. The molecule has 3 N–H and O–H groups in total. The highest BCUT2D eigenvalue weighted by Gasteiger charge is 2.65. The standard InChI is InChI=1S/C38H45N3O7S2.C37H42ClN3O6S2.C37H42FN3O6S2/c1-24-9-8-10-25(17-24)18-26-11-6-4-3-5-7-12-27-21-38(27,36(44)40-50(45,46)30-14-15-30)22-33(42)32-19-29(23-41(32)35(26)43)48-37-39-31-16-13-28(47-2)20-34(31)49-37;2*1-23-8-7-9-24(16-23)17-25-10-5-3-2-4-6-11-26-20-37(26,35(44)40-49(45,46)29-13-14-29)21-32(42)31-19-28(22-41(31)34(25)43)47-36-39-30-15-12-27(38)18-33(30)48-36/h7-10,12-13,16-17,20,26-27,29-30,32H,3-6,11,14-15,18-19,21-23H2,1-2H3,(H,40,44);2*6-9,11-12,15-16,18,25-26,28-29,31H,2-5,10,13-14,17,19-22H2,1H3,(H,40,44)/b12-7-;2*11-6-/t26-,27-,29-,32+,38-;2*25-,26-,28-,31+,37-/m111/s1. The predicted octanol–water partition coefficient (Wildman–Crippen LogP) is 18.5. The van der Waals surface area contributed by atoms with Crippen LogP contribution in [0.4, 0.5) is 4.39 Å². The van der Waals surface area contributed by atoms with E-state index in [0.717, 1.165) is 131 Å². The molecule has 36 heteroatoms. The van der Waals surface area contributed by atoms with E-state index in [1.54, 1.807) is 33.9 Å². The number of sulfonamides is 3. The van der Waals surface area contributed by atoms with Crippen LogP contribution in [0.2, 0.25) is 5.02 Å². The van der Waals surface area contributed by atoms with Crippen LogP contribution in [0.25, 0.3) is 30.6 Å². The second kappa shape index (κ2) is 44.7. The number of nitrogens with zero attached hydrogens (tertiary/aromatic N) is 6. The van der Waals surface area contributed by atoms with Crippen LogP contribution in [-0.2, 0) is 92.5 Å². The molecule has 21 rings (SSSR count). The van der Waals surface area contributed by atoms with Crippen molar-refractivity contribution < 1.29 is 91.7 Å². The van der Waals surface area contributed by atoms with Gasteiger partial charge in [0.1, 0.15) is 29.9 Å². The summed E-state index contributed by atoms with van der Waals surface area (Å²) in [7, 11) is -9.77. The Hall–Kier alpha value is -10.7. The van der Waals surface area contributed by atoms with E-state index in [2.05, 4.69) is 59.5 Å². The number of amides is 6. The number of Topliss-reactive ketones (excluding diaryl/α,β-unsaturated/α-hetero) is 3. The molecule has 28 nitrogen and oxygen atoms in total. The lowest BCUT2D eigenvalue weighted by molar-refractivity contribution is -0.142. The summed E-state index contributed by atoms with van der Waals surface area (Å²) < 4.78 is 124. The van der Waals surface area contributed by atoms with Gasteiger partial charge in [0.05, 0.1) is 108 Å². The van der Waals surface area contributed by atoms with E-state index in [1.807, 2.05) is 130 Å². The molecule has 9 heterocycles. The number of halogens is 2. The molecule has 0 unspecified atom stereocenters. The zero-order valence-electron chi connectivity index (χ0n) is 83.8. The molecular formula is C112H129ClFN9O19S6. The van der Waals surface area contributed by atoms with Crippen LogP contribution in [0.3, 0.4) is 0 Å². The quantitative estimate of drug-likeness (QED) is 0.0530. The van der Waals surface area contributed by atoms with Gasteiger partial charge in [0.15, 0.2) is 17.3 Å². The molecule has 15 atom stereocenters. The van der Waals surface area contributed by atoms with Gasteiger partial charge in [0, 0.05) is 61.3 Å². The molecule has 3 aromatic heterocycles. The maximum Gasteiger partial charge on any atom is 0.274 e. The summed E-state index contributed by atoms with van der Waals surface area (Å²) in [4.78, 5) is 147. The van der Waals surface area contributed by atoms with E-state index in [9.17, 15) is 72.8 Å². The second-order valence-electron chi connectivity index (χ2n) is 43.2. The number of methoxy groups -OCH3 is 1. The Morgan fingerprint density at radius 2 is 0.736 bits per heavy atom. The predicted molar refractivity (Wildman–Crippen MR) is 567 cm³/mol. The Morgan fingerprint density at radius 3 is 1.07 bits per heavy atom. The van der Waals surface area contributed by atoms with Gasteiger partial charge in [-0.25, -0.2) is 44.6 Å². The highest BCUT2D eigenvalue weighted by atomic mass is 35.5. The maximum atomic E-state index is 14.6. The summed E-state index contributed by atoms with van der Waals surface area (Å²) in [6.45, 7) is 6.71. The lowest BCUT2D eigenvalue weighted by Crippen LogP contribution is -2.46. The Kier molecular flexibility index (Phi) is 31.9. The number of carbonyl (C=O) groups excluding carboxylic acids is 9. The summed E-state index contributed by atoms with van der Waals surface area (Å²) in [5.41, 5.74) is 5.21. The Morgan fingerprint density at radius 1 is 0.412 bits per heavy atom. The van der Waals surface area contributed by atoms with Crippen molar-refractivity contribution in [2.75, 3.05) is 26.7 Å². The highest BCUT2D eigenvalue weighted by molar-refractivity contribution is 7.91. The van der Waals surface area contributed by atoms with Gasteiger partial charge >= 0.3 is 0 Å². The molecule has 12 aliphatic rings. The number of benzene rings is 6. The molecular weight excluding hydrogens is 2020 g/mol. The molecule has 9 aromatic rings. The minimum absolute atomic E-state index is 0.0832. The van der Waals surface area contributed by atoms with Crippen molar-refractivity contribution in [1.82, 2.24) is 43.8 Å². The number of carbonyl (C=O) groups is 9. The highest BCUT2D eigenvalue weighted by Crippen LogP contribution is 2.61. The number of nitrogens with one attached hydrogen (secondary N) is 3. The van der Waals surface area contributed by atoms with Crippen molar-refractivity contribution in [3.63, 3.8) is 0 Å². The monoisotopic (exact) mass is 2150 g/mol. The summed E-state index contributed by atoms with van der Waals surface area (Å²) in [6.07, 6.45) is 29.7. The minimum Gasteiger partial charge on any atom is -0.497 e. The zero-order valence-corrected chi connectivity index (χ0v) is 89.5. The number of ketones is 3. The van der Waals surface area contributed by atoms with E-state index >= 15 is 0 Å². The number of aromatic nitrogens is 3. The van der Waals surface area contributed by atoms with Gasteiger partial charge < -0.3 is 33.6 Å². The average Bonchev–Trinajstić information content (AvgIpc) is 1.57. The van der Waals surface area contributed by atoms with Crippen LogP contribution in [0.1, 0.15) is 226 Å². The molecule has 0 bridgehead atoms. The molecule has 148 heavy (non-hydrogen) atoms. The number of allylic oxidation sites excluding steroid dienone is 6. The van der Waals surface area contributed by atoms with Gasteiger partial charge in [-0.1, -0.05) is 210 Å². The third-order valence-electron chi connectivity index (χ3n) is 31.7. The van der Waals surface area contributed by atoms with Crippen LogP contribution in [0.15, 0.2) is 164 Å². The van der Waals surface area contributed by atoms with Crippen LogP contribution < -0.4 is 33.1 Å². The summed E-state index contributed by atoms with van der Waals surface area (Å²) in [6, 6.07) is 37.4. The number of hydrogen-bond acceptors (Lipinski definition) is 25. The number of ether oxygens (including phenoxy) is 4. The lowest BCUT2D eigenvalue weighted by Gasteiger charge is -2.29.